The highest BCUT2D eigenvalue weighted by atomic mass is 19.4. The Morgan fingerprint density at radius 2 is 1.38 bits per heavy atom. The molecular formula is C6H7F5O2. The van der Waals surface area contributed by atoms with E-state index in [2.05, 4.69) is 0 Å². The Kier molecular flexibility index (Phi) is 2.62. The molecule has 78 valence electrons. The van der Waals surface area contributed by atoms with Crippen molar-refractivity contribution in [3.63, 3.8) is 0 Å². The van der Waals surface area contributed by atoms with Crippen LogP contribution < -0.4 is 0 Å². The molecule has 0 aliphatic rings. The average molecular weight is 206 g/mol. The number of halogens is 5. The molecule has 2 atom stereocenters. The molecule has 13 heavy (non-hydrogen) atoms. The number of carbonyl (C=O) groups is 1. The minimum atomic E-state index is -5.56. The van der Waals surface area contributed by atoms with Gasteiger partial charge in [0.25, 0.3) is 0 Å². The molecule has 0 rings (SSSR count). The number of carboxylic acid groups (broad SMARTS) is 1. The minimum absolute atomic E-state index is 0.0306. The second-order valence-corrected chi connectivity index (χ2v) is 2.81. The van der Waals surface area contributed by atoms with E-state index in [1.807, 2.05) is 0 Å². The van der Waals surface area contributed by atoms with Crippen molar-refractivity contribution < 1.29 is 31.9 Å². The van der Waals surface area contributed by atoms with Crippen LogP contribution in [0.5, 0.6) is 0 Å². The smallest absolute Gasteiger partial charge is 0.426 e. The van der Waals surface area contributed by atoms with Crippen molar-refractivity contribution >= 4 is 5.97 Å². The molecule has 0 aromatic carbocycles. The Morgan fingerprint density at radius 3 is 1.46 bits per heavy atom. The summed E-state index contributed by atoms with van der Waals surface area (Å²) >= 11 is 0. The largest absolute Gasteiger partial charge is 0.479 e. The lowest BCUT2D eigenvalue weighted by Crippen LogP contribution is -2.57. The highest BCUT2D eigenvalue weighted by Crippen LogP contribution is 2.43. The third-order valence-corrected chi connectivity index (χ3v) is 1.82. The molecule has 7 heteroatoms. The number of aliphatic carboxylic acids is 1. The Labute approximate surface area is 70.3 Å². The van der Waals surface area contributed by atoms with Crippen molar-refractivity contribution in [1.29, 1.82) is 0 Å². The van der Waals surface area contributed by atoms with Gasteiger partial charge in [0.2, 0.25) is 11.3 Å². The van der Waals surface area contributed by atoms with E-state index in [1.54, 1.807) is 0 Å². The number of carboxylic acids is 1. The molecular weight excluding hydrogens is 199 g/mol. The third-order valence-electron chi connectivity index (χ3n) is 1.82. The fourth-order valence-electron chi connectivity index (χ4n) is 0.467. The lowest BCUT2D eigenvalue weighted by Gasteiger charge is -2.31. The van der Waals surface area contributed by atoms with Gasteiger partial charge >= 0.3 is 12.1 Å². The van der Waals surface area contributed by atoms with Gasteiger partial charge in [-0.1, -0.05) is 0 Å². The molecule has 0 saturated heterocycles. The van der Waals surface area contributed by atoms with Crippen molar-refractivity contribution in [2.45, 2.75) is 31.4 Å². The fraction of sp³-hybridized carbons (Fsp3) is 0.833. The van der Waals surface area contributed by atoms with Gasteiger partial charge in [-0.2, -0.15) is 13.2 Å². The summed E-state index contributed by atoms with van der Waals surface area (Å²) in [5, 5.41) is 8.03. The molecule has 0 aromatic rings. The van der Waals surface area contributed by atoms with Crippen LogP contribution in [0.25, 0.3) is 0 Å². The summed E-state index contributed by atoms with van der Waals surface area (Å²) in [4.78, 5) is 10.00. The van der Waals surface area contributed by atoms with Gasteiger partial charge in [-0.3, -0.25) is 0 Å². The molecule has 0 amide bonds. The minimum Gasteiger partial charge on any atom is -0.479 e. The summed E-state index contributed by atoms with van der Waals surface area (Å²) in [6.07, 6.45) is -5.56. The van der Waals surface area contributed by atoms with E-state index in [0.29, 0.717) is 0 Å². The fourth-order valence-corrected chi connectivity index (χ4v) is 0.467. The van der Waals surface area contributed by atoms with Crippen LogP contribution in [0.1, 0.15) is 13.8 Å². The predicted octanol–water partition coefficient (Wildman–Crippen LogP) is 2.09. The topological polar surface area (TPSA) is 37.3 Å². The zero-order valence-electron chi connectivity index (χ0n) is 6.75. The van der Waals surface area contributed by atoms with Crippen LogP contribution >= 0.6 is 0 Å². The highest BCUT2D eigenvalue weighted by molar-refractivity contribution is 5.78. The molecule has 0 spiro atoms. The van der Waals surface area contributed by atoms with E-state index in [-0.39, 0.29) is 13.8 Å². The van der Waals surface area contributed by atoms with Crippen LogP contribution in [0.2, 0.25) is 0 Å². The second kappa shape index (κ2) is 2.81. The zero-order valence-corrected chi connectivity index (χ0v) is 6.75. The molecule has 0 fully saturated rings. The first-order valence-electron chi connectivity index (χ1n) is 3.12. The summed E-state index contributed by atoms with van der Waals surface area (Å²) in [7, 11) is 0. The normalized spacial score (nSPS) is 21.8. The Hall–Kier alpha value is -0.880. The SMILES string of the molecule is CC(F)(C(=O)O)C(C)(F)C(F)(F)F. The maximum Gasteiger partial charge on any atom is 0.426 e. The zero-order chi connectivity index (χ0) is 11.1. The summed E-state index contributed by atoms with van der Waals surface area (Å²) in [6, 6.07) is 0. The second-order valence-electron chi connectivity index (χ2n) is 2.81. The molecule has 0 bridgehead atoms. The van der Waals surface area contributed by atoms with E-state index in [0.717, 1.165) is 0 Å². The van der Waals surface area contributed by atoms with E-state index in [9.17, 15) is 26.7 Å². The van der Waals surface area contributed by atoms with Gasteiger partial charge in [0.05, 0.1) is 0 Å². The molecule has 0 aliphatic carbocycles. The number of alkyl halides is 5. The third kappa shape index (κ3) is 1.73. The number of hydrogen-bond acceptors (Lipinski definition) is 1. The van der Waals surface area contributed by atoms with Crippen molar-refractivity contribution in [2.75, 3.05) is 0 Å². The molecule has 1 N–H and O–H groups in total. The maximum atomic E-state index is 12.8. The lowest BCUT2D eigenvalue weighted by atomic mass is 9.89. The van der Waals surface area contributed by atoms with E-state index in [4.69, 9.17) is 5.11 Å². The number of hydrogen-bond donors (Lipinski definition) is 1. The Morgan fingerprint density at radius 1 is 1.08 bits per heavy atom. The van der Waals surface area contributed by atoms with Crippen molar-refractivity contribution in [3.8, 4) is 0 Å². The molecule has 0 radical (unpaired) electrons. The van der Waals surface area contributed by atoms with Crippen LogP contribution in [-0.2, 0) is 4.79 Å². The van der Waals surface area contributed by atoms with Crippen molar-refractivity contribution in [1.82, 2.24) is 0 Å². The molecule has 0 saturated carbocycles. The monoisotopic (exact) mass is 206 g/mol. The van der Waals surface area contributed by atoms with Crippen molar-refractivity contribution in [2.24, 2.45) is 0 Å². The molecule has 0 aliphatic heterocycles. The first-order valence-corrected chi connectivity index (χ1v) is 3.12. The van der Waals surface area contributed by atoms with Gasteiger partial charge in [-0.15, -0.1) is 0 Å². The Bertz CT molecular complexity index is 218. The first-order chi connectivity index (χ1) is 5.44. The van der Waals surface area contributed by atoms with Gasteiger partial charge in [0.15, 0.2) is 0 Å². The molecule has 2 unspecified atom stereocenters. The molecule has 2 nitrogen and oxygen atoms in total. The van der Waals surface area contributed by atoms with Gasteiger partial charge < -0.3 is 5.11 Å². The van der Waals surface area contributed by atoms with E-state index >= 15 is 0 Å². The summed E-state index contributed by atoms with van der Waals surface area (Å²) in [6.45, 7) is -0.121. The predicted molar refractivity (Wildman–Crippen MR) is 32.7 cm³/mol. The average Bonchev–Trinajstić information content (AvgIpc) is 1.84. The highest BCUT2D eigenvalue weighted by Gasteiger charge is 2.67. The van der Waals surface area contributed by atoms with Gasteiger partial charge in [-0.05, 0) is 13.8 Å². The summed E-state index contributed by atoms with van der Waals surface area (Å²) < 4.78 is 61.0. The van der Waals surface area contributed by atoms with Crippen molar-refractivity contribution in [3.05, 3.63) is 0 Å². The van der Waals surface area contributed by atoms with Crippen LogP contribution in [0.15, 0.2) is 0 Å². The van der Waals surface area contributed by atoms with E-state index in [1.165, 1.54) is 0 Å². The summed E-state index contributed by atoms with van der Waals surface area (Å²) in [5.74, 6) is -2.49. The standard InChI is InChI=1S/C6H7F5O2/c1-4(7,3(12)13)5(2,8)6(9,10)11/h1-2H3,(H,12,13). The maximum absolute atomic E-state index is 12.8. The lowest BCUT2D eigenvalue weighted by molar-refractivity contribution is -0.263. The molecule has 0 aromatic heterocycles. The van der Waals surface area contributed by atoms with Gasteiger partial charge in [0.1, 0.15) is 0 Å². The number of rotatable bonds is 2. The first kappa shape index (κ1) is 12.1. The van der Waals surface area contributed by atoms with Gasteiger partial charge in [0, 0.05) is 0 Å². The quantitative estimate of drug-likeness (QED) is 0.702. The van der Waals surface area contributed by atoms with Crippen LogP contribution in [0, 0.1) is 0 Å². The van der Waals surface area contributed by atoms with Crippen LogP contribution in [-0.4, -0.2) is 28.6 Å². The van der Waals surface area contributed by atoms with Gasteiger partial charge in [-0.25, -0.2) is 13.6 Å². The summed E-state index contributed by atoms with van der Waals surface area (Å²) in [5.41, 5.74) is -8.41. The molecule has 0 heterocycles. The van der Waals surface area contributed by atoms with Crippen LogP contribution in [0.3, 0.4) is 0 Å². The van der Waals surface area contributed by atoms with E-state index < -0.39 is 23.5 Å². The Balaban J connectivity index is 5.16. The van der Waals surface area contributed by atoms with Crippen LogP contribution in [0.4, 0.5) is 22.0 Å².